The zero-order chi connectivity index (χ0) is 11.4. The molecule has 2 aromatic rings. The molecule has 0 radical (unpaired) electrons. The van der Waals surface area contributed by atoms with E-state index in [2.05, 4.69) is 33.5 Å². The van der Waals surface area contributed by atoms with E-state index in [1.165, 1.54) is 11.2 Å². The largest absolute Gasteiger partial charge is 0.302 e. The molecule has 6 heteroatoms. The standard InChI is InChI=1S/C10H13ClN4S/c1-2-7(8-3-4-9(11)16-8)12-5-10-13-6-14-15-10/h3-4,6-7,12H,2,5H2,1H3,(H,13,14,15). The van der Waals surface area contributed by atoms with Gasteiger partial charge in [0.1, 0.15) is 12.2 Å². The minimum atomic E-state index is 0.322. The van der Waals surface area contributed by atoms with Gasteiger partial charge in [-0.25, -0.2) is 4.98 Å². The van der Waals surface area contributed by atoms with Gasteiger partial charge in [0.25, 0.3) is 0 Å². The van der Waals surface area contributed by atoms with Crippen LogP contribution in [-0.2, 0) is 6.54 Å². The number of aromatic nitrogens is 3. The molecule has 0 saturated carbocycles. The van der Waals surface area contributed by atoms with E-state index in [0.29, 0.717) is 12.6 Å². The number of rotatable bonds is 5. The summed E-state index contributed by atoms with van der Waals surface area (Å²) in [6.45, 7) is 2.83. The van der Waals surface area contributed by atoms with Gasteiger partial charge in [0.2, 0.25) is 0 Å². The van der Waals surface area contributed by atoms with Crippen molar-refractivity contribution in [3.63, 3.8) is 0 Å². The summed E-state index contributed by atoms with van der Waals surface area (Å²) in [5.41, 5.74) is 0. The number of thiophene rings is 1. The third-order valence-corrected chi connectivity index (χ3v) is 3.67. The molecule has 2 rings (SSSR count). The van der Waals surface area contributed by atoms with E-state index in [-0.39, 0.29) is 0 Å². The van der Waals surface area contributed by atoms with Gasteiger partial charge in [-0.2, -0.15) is 5.10 Å². The fourth-order valence-electron chi connectivity index (χ4n) is 1.50. The first kappa shape index (κ1) is 11.6. The second kappa shape index (κ2) is 5.43. The predicted molar refractivity (Wildman–Crippen MR) is 65.6 cm³/mol. The summed E-state index contributed by atoms with van der Waals surface area (Å²) in [7, 11) is 0. The molecule has 2 aromatic heterocycles. The minimum Gasteiger partial charge on any atom is -0.302 e. The molecule has 0 bridgehead atoms. The molecule has 1 atom stereocenters. The van der Waals surface area contributed by atoms with Crippen LogP contribution in [0.25, 0.3) is 0 Å². The number of nitrogens with one attached hydrogen (secondary N) is 2. The van der Waals surface area contributed by atoms with Crippen LogP contribution in [-0.4, -0.2) is 15.2 Å². The number of hydrogen-bond donors (Lipinski definition) is 2. The molecule has 0 spiro atoms. The highest BCUT2D eigenvalue weighted by molar-refractivity contribution is 7.16. The predicted octanol–water partition coefficient (Wildman–Crippen LogP) is 2.76. The Bertz CT molecular complexity index is 426. The molecule has 0 aliphatic rings. The normalized spacial score (nSPS) is 12.9. The van der Waals surface area contributed by atoms with Crippen molar-refractivity contribution < 1.29 is 0 Å². The van der Waals surface area contributed by atoms with Crippen LogP contribution in [0.3, 0.4) is 0 Å². The van der Waals surface area contributed by atoms with Gasteiger partial charge in [0.05, 0.1) is 10.9 Å². The average molecular weight is 257 g/mol. The number of H-pyrrole nitrogens is 1. The van der Waals surface area contributed by atoms with Crippen LogP contribution in [0.5, 0.6) is 0 Å². The molecule has 1 unspecified atom stereocenters. The third kappa shape index (κ3) is 2.81. The van der Waals surface area contributed by atoms with Gasteiger partial charge in [-0.05, 0) is 18.6 Å². The molecule has 16 heavy (non-hydrogen) atoms. The molecule has 2 N–H and O–H groups in total. The van der Waals surface area contributed by atoms with Crippen molar-refractivity contribution in [2.75, 3.05) is 0 Å². The molecule has 4 nitrogen and oxygen atoms in total. The van der Waals surface area contributed by atoms with Crippen molar-refractivity contribution in [3.8, 4) is 0 Å². The van der Waals surface area contributed by atoms with Gasteiger partial charge in [0.15, 0.2) is 0 Å². The van der Waals surface area contributed by atoms with Gasteiger partial charge < -0.3 is 5.32 Å². The van der Waals surface area contributed by atoms with Crippen molar-refractivity contribution in [2.24, 2.45) is 0 Å². The van der Waals surface area contributed by atoms with Crippen LogP contribution in [0.15, 0.2) is 18.5 Å². The van der Waals surface area contributed by atoms with E-state index in [4.69, 9.17) is 11.6 Å². The molecule has 0 amide bonds. The maximum Gasteiger partial charge on any atom is 0.138 e. The number of halogens is 1. The molecule has 0 aliphatic heterocycles. The van der Waals surface area contributed by atoms with Crippen molar-refractivity contribution >= 4 is 22.9 Å². The van der Waals surface area contributed by atoms with Crippen LogP contribution >= 0.6 is 22.9 Å². The molecule has 2 heterocycles. The third-order valence-electron chi connectivity index (χ3n) is 2.33. The summed E-state index contributed by atoms with van der Waals surface area (Å²) in [5, 5.41) is 10.1. The highest BCUT2D eigenvalue weighted by Gasteiger charge is 2.11. The maximum absolute atomic E-state index is 5.92. The van der Waals surface area contributed by atoms with Crippen molar-refractivity contribution in [2.45, 2.75) is 25.9 Å². The highest BCUT2D eigenvalue weighted by atomic mass is 35.5. The molecule has 86 valence electrons. The van der Waals surface area contributed by atoms with Crippen LogP contribution in [0.1, 0.15) is 30.1 Å². The monoisotopic (exact) mass is 256 g/mol. The first-order valence-electron chi connectivity index (χ1n) is 5.12. The summed E-state index contributed by atoms with van der Waals surface area (Å²) in [6.07, 6.45) is 2.53. The van der Waals surface area contributed by atoms with E-state index in [0.717, 1.165) is 16.6 Å². The van der Waals surface area contributed by atoms with Crippen molar-refractivity contribution in [1.29, 1.82) is 0 Å². The summed E-state index contributed by atoms with van der Waals surface area (Å²) in [6, 6.07) is 4.32. The van der Waals surface area contributed by atoms with Gasteiger partial charge >= 0.3 is 0 Å². The van der Waals surface area contributed by atoms with Gasteiger partial charge in [-0.1, -0.05) is 18.5 Å². The van der Waals surface area contributed by atoms with E-state index in [9.17, 15) is 0 Å². The van der Waals surface area contributed by atoms with Crippen LogP contribution in [0.4, 0.5) is 0 Å². The first-order valence-corrected chi connectivity index (χ1v) is 6.32. The Morgan fingerprint density at radius 3 is 3.00 bits per heavy atom. The Balaban J connectivity index is 1.96. The number of nitrogens with zero attached hydrogens (tertiary/aromatic N) is 2. The molecular weight excluding hydrogens is 244 g/mol. The molecule has 0 aliphatic carbocycles. The quantitative estimate of drug-likeness (QED) is 0.865. The smallest absolute Gasteiger partial charge is 0.138 e. The Labute approximate surface area is 103 Å². The van der Waals surface area contributed by atoms with Crippen LogP contribution in [0.2, 0.25) is 4.34 Å². The lowest BCUT2D eigenvalue weighted by Crippen LogP contribution is -2.20. The average Bonchev–Trinajstić information content (AvgIpc) is 2.91. The fourth-order valence-corrected chi connectivity index (χ4v) is 2.72. The zero-order valence-corrected chi connectivity index (χ0v) is 10.5. The topological polar surface area (TPSA) is 53.6 Å². The van der Waals surface area contributed by atoms with E-state index in [1.54, 1.807) is 11.3 Å². The molecule has 0 fully saturated rings. The maximum atomic E-state index is 5.92. The summed E-state index contributed by atoms with van der Waals surface area (Å²) < 4.78 is 0.829. The van der Waals surface area contributed by atoms with Crippen molar-refractivity contribution in [1.82, 2.24) is 20.5 Å². The second-order valence-corrected chi connectivity index (χ2v) is 5.16. The number of aromatic amines is 1. The van der Waals surface area contributed by atoms with Crippen LogP contribution < -0.4 is 5.32 Å². The van der Waals surface area contributed by atoms with Gasteiger partial charge in [-0.15, -0.1) is 11.3 Å². The Kier molecular flexibility index (Phi) is 3.93. The summed E-state index contributed by atoms with van der Waals surface area (Å²) in [4.78, 5) is 5.33. The summed E-state index contributed by atoms with van der Waals surface area (Å²) in [5.74, 6) is 0.848. The molecule has 0 aromatic carbocycles. The molecule has 0 saturated heterocycles. The lowest BCUT2D eigenvalue weighted by molar-refractivity contribution is 0.516. The van der Waals surface area contributed by atoms with Gasteiger partial charge in [0, 0.05) is 10.9 Å². The SMILES string of the molecule is CCC(NCc1ncn[nH]1)c1ccc(Cl)s1. The molecular formula is C10H13ClN4S. The van der Waals surface area contributed by atoms with Crippen LogP contribution in [0, 0.1) is 0 Å². The van der Waals surface area contributed by atoms with E-state index in [1.807, 2.05) is 6.07 Å². The summed E-state index contributed by atoms with van der Waals surface area (Å²) >= 11 is 7.54. The zero-order valence-electron chi connectivity index (χ0n) is 8.90. The van der Waals surface area contributed by atoms with E-state index < -0.39 is 0 Å². The lowest BCUT2D eigenvalue weighted by atomic mass is 10.2. The highest BCUT2D eigenvalue weighted by Crippen LogP contribution is 2.28. The lowest BCUT2D eigenvalue weighted by Gasteiger charge is -2.13. The number of hydrogen-bond acceptors (Lipinski definition) is 4. The Morgan fingerprint density at radius 2 is 2.44 bits per heavy atom. The first-order chi connectivity index (χ1) is 7.79. The fraction of sp³-hybridized carbons (Fsp3) is 0.400. The van der Waals surface area contributed by atoms with Gasteiger partial charge in [-0.3, -0.25) is 5.10 Å². The van der Waals surface area contributed by atoms with E-state index >= 15 is 0 Å². The Morgan fingerprint density at radius 1 is 1.56 bits per heavy atom. The van der Waals surface area contributed by atoms with Crippen molar-refractivity contribution in [3.05, 3.63) is 33.5 Å². The second-order valence-electron chi connectivity index (χ2n) is 3.42. The minimum absolute atomic E-state index is 0.322. The Hall–Kier alpha value is -0.910.